The number of benzene rings is 2. The number of H-pyrrole nitrogens is 1. The normalized spacial score (nSPS) is 11.3. The topological polar surface area (TPSA) is 113 Å². The van der Waals surface area contributed by atoms with E-state index in [1.54, 1.807) is 25.1 Å². The maximum Gasteiger partial charge on any atom is 0.289 e. The second kappa shape index (κ2) is 8.26. The lowest BCUT2D eigenvalue weighted by molar-refractivity contribution is -0.384. The highest BCUT2D eigenvalue weighted by atomic mass is 16.6. The van der Waals surface area contributed by atoms with Gasteiger partial charge < -0.3 is 0 Å². The molecule has 8 heteroatoms. The summed E-state index contributed by atoms with van der Waals surface area (Å²) in [5.74, 6) is -0.426. The summed E-state index contributed by atoms with van der Waals surface area (Å²) in [5.41, 5.74) is 6.76. The number of nitrogens with one attached hydrogen (secondary N) is 2. The van der Waals surface area contributed by atoms with Crippen LogP contribution in [0.2, 0.25) is 0 Å². The molecular formula is C20H19N5O3. The third-order valence-electron chi connectivity index (χ3n) is 4.30. The highest BCUT2D eigenvalue weighted by molar-refractivity contribution is 6.00. The molecule has 142 valence electrons. The Morgan fingerprint density at radius 2 is 1.86 bits per heavy atom. The molecule has 0 fully saturated rings. The lowest BCUT2D eigenvalue weighted by Crippen LogP contribution is -2.19. The molecule has 1 aromatic heterocycles. The van der Waals surface area contributed by atoms with Crippen molar-refractivity contribution in [2.75, 3.05) is 0 Å². The third-order valence-corrected chi connectivity index (χ3v) is 4.30. The quantitative estimate of drug-likeness (QED) is 0.387. The van der Waals surface area contributed by atoms with Gasteiger partial charge in [-0.1, -0.05) is 31.2 Å². The van der Waals surface area contributed by atoms with Crippen molar-refractivity contribution in [3.8, 4) is 11.3 Å². The van der Waals surface area contributed by atoms with E-state index in [0.717, 1.165) is 12.0 Å². The van der Waals surface area contributed by atoms with E-state index in [0.29, 0.717) is 17.0 Å². The number of hydrazone groups is 1. The lowest BCUT2D eigenvalue weighted by Gasteiger charge is -2.01. The number of nitro groups is 1. The van der Waals surface area contributed by atoms with Crippen LogP contribution in [-0.4, -0.2) is 26.7 Å². The standard InChI is InChI=1S/C20H19N5O3/c1-3-14-4-6-16(7-5-14)18-12-19(23-22-18)20(26)24-21-13(2)15-8-10-17(11-9-15)25(27)28/h4-12H,3H2,1-2H3,(H,22,23)(H,24,26)/b21-13-. The molecule has 0 radical (unpaired) electrons. The van der Waals surface area contributed by atoms with E-state index in [4.69, 9.17) is 0 Å². The fourth-order valence-corrected chi connectivity index (χ4v) is 2.58. The number of hydrogen-bond donors (Lipinski definition) is 2. The van der Waals surface area contributed by atoms with Gasteiger partial charge in [-0.2, -0.15) is 10.2 Å². The fraction of sp³-hybridized carbons (Fsp3) is 0.150. The molecule has 1 heterocycles. The first kappa shape index (κ1) is 19.0. The van der Waals surface area contributed by atoms with Crippen LogP contribution in [0.4, 0.5) is 5.69 Å². The van der Waals surface area contributed by atoms with Gasteiger partial charge in [-0.05, 0) is 42.7 Å². The van der Waals surface area contributed by atoms with Gasteiger partial charge in [0.25, 0.3) is 11.6 Å². The van der Waals surface area contributed by atoms with E-state index in [1.807, 2.05) is 24.3 Å². The number of aromatic amines is 1. The van der Waals surface area contributed by atoms with Crippen molar-refractivity contribution in [3.63, 3.8) is 0 Å². The van der Waals surface area contributed by atoms with Crippen LogP contribution >= 0.6 is 0 Å². The predicted molar refractivity (Wildman–Crippen MR) is 106 cm³/mol. The minimum Gasteiger partial charge on any atom is -0.272 e. The molecular weight excluding hydrogens is 358 g/mol. The van der Waals surface area contributed by atoms with Gasteiger partial charge in [0, 0.05) is 17.7 Å². The number of nitrogens with zero attached hydrogens (tertiary/aromatic N) is 3. The summed E-state index contributed by atoms with van der Waals surface area (Å²) in [6.07, 6.45) is 0.959. The molecule has 3 aromatic rings. The van der Waals surface area contributed by atoms with E-state index in [9.17, 15) is 14.9 Å². The summed E-state index contributed by atoms with van der Waals surface area (Å²) < 4.78 is 0. The molecule has 0 bridgehead atoms. The Morgan fingerprint density at radius 1 is 1.18 bits per heavy atom. The van der Waals surface area contributed by atoms with Crippen LogP contribution in [-0.2, 0) is 6.42 Å². The number of aryl methyl sites for hydroxylation is 1. The van der Waals surface area contributed by atoms with Gasteiger partial charge in [-0.25, -0.2) is 5.43 Å². The maximum atomic E-state index is 12.3. The first-order valence-corrected chi connectivity index (χ1v) is 8.72. The number of non-ortho nitro benzene ring substituents is 1. The third kappa shape index (κ3) is 4.29. The minimum absolute atomic E-state index is 0.00227. The van der Waals surface area contributed by atoms with Crippen molar-refractivity contribution in [3.05, 3.63) is 81.5 Å². The molecule has 8 nitrogen and oxygen atoms in total. The van der Waals surface area contributed by atoms with Gasteiger partial charge >= 0.3 is 0 Å². The maximum absolute atomic E-state index is 12.3. The van der Waals surface area contributed by atoms with Gasteiger partial charge in [0.1, 0.15) is 5.69 Å². The first-order chi connectivity index (χ1) is 13.5. The molecule has 0 atom stereocenters. The molecule has 0 aliphatic rings. The van der Waals surface area contributed by atoms with Crippen molar-refractivity contribution in [1.29, 1.82) is 0 Å². The SMILES string of the molecule is CCc1ccc(-c2cc(C(=O)N/N=C(/C)c3ccc([N+](=O)[O-])cc3)[nH]n2)cc1. The molecule has 1 amide bonds. The van der Waals surface area contributed by atoms with E-state index in [2.05, 4.69) is 27.6 Å². The number of carbonyl (C=O) groups is 1. The van der Waals surface area contributed by atoms with Gasteiger partial charge in [-0.3, -0.25) is 20.0 Å². The number of rotatable bonds is 6. The van der Waals surface area contributed by atoms with Crippen molar-refractivity contribution in [1.82, 2.24) is 15.6 Å². The zero-order valence-corrected chi connectivity index (χ0v) is 15.5. The Bertz CT molecular complexity index is 1020. The lowest BCUT2D eigenvalue weighted by atomic mass is 10.1. The Hall–Kier alpha value is -3.81. The van der Waals surface area contributed by atoms with E-state index >= 15 is 0 Å². The second-order valence-corrected chi connectivity index (χ2v) is 6.16. The van der Waals surface area contributed by atoms with Crippen LogP contribution in [0.15, 0.2) is 59.7 Å². The van der Waals surface area contributed by atoms with Gasteiger partial charge in [0.05, 0.1) is 16.3 Å². The van der Waals surface area contributed by atoms with Crippen LogP contribution in [0.3, 0.4) is 0 Å². The van der Waals surface area contributed by atoms with E-state index < -0.39 is 10.8 Å². The average Bonchev–Trinajstić information content (AvgIpc) is 3.22. The van der Waals surface area contributed by atoms with Crippen molar-refractivity contribution < 1.29 is 9.72 Å². The van der Waals surface area contributed by atoms with Crippen molar-refractivity contribution in [2.45, 2.75) is 20.3 Å². The Kier molecular flexibility index (Phi) is 5.59. The number of amides is 1. The average molecular weight is 377 g/mol. The number of nitro benzene ring substituents is 1. The fourth-order valence-electron chi connectivity index (χ4n) is 2.58. The van der Waals surface area contributed by atoms with Crippen LogP contribution in [0.5, 0.6) is 0 Å². The zero-order chi connectivity index (χ0) is 20.1. The van der Waals surface area contributed by atoms with E-state index in [-0.39, 0.29) is 11.4 Å². The summed E-state index contributed by atoms with van der Waals surface area (Å²) in [5, 5.41) is 21.6. The Labute approximate surface area is 161 Å². The van der Waals surface area contributed by atoms with Crippen LogP contribution < -0.4 is 5.43 Å². The largest absolute Gasteiger partial charge is 0.289 e. The van der Waals surface area contributed by atoms with Crippen LogP contribution in [0.1, 0.15) is 35.5 Å². The second-order valence-electron chi connectivity index (χ2n) is 6.16. The van der Waals surface area contributed by atoms with Crippen LogP contribution in [0.25, 0.3) is 11.3 Å². The zero-order valence-electron chi connectivity index (χ0n) is 15.5. The molecule has 0 unspecified atom stereocenters. The monoisotopic (exact) mass is 377 g/mol. The van der Waals surface area contributed by atoms with Crippen LogP contribution in [0, 0.1) is 10.1 Å². The molecule has 0 spiro atoms. The summed E-state index contributed by atoms with van der Waals surface area (Å²) in [6, 6.07) is 15.6. The number of hydrogen-bond acceptors (Lipinski definition) is 5. The highest BCUT2D eigenvalue weighted by Crippen LogP contribution is 2.18. The molecule has 28 heavy (non-hydrogen) atoms. The van der Waals surface area contributed by atoms with Crippen molar-refractivity contribution >= 4 is 17.3 Å². The number of aromatic nitrogens is 2. The van der Waals surface area contributed by atoms with Crippen molar-refractivity contribution in [2.24, 2.45) is 5.10 Å². The molecule has 0 aliphatic heterocycles. The summed E-state index contributed by atoms with van der Waals surface area (Å²) in [6.45, 7) is 3.79. The van der Waals surface area contributed by atoms with Gasteiger partial charge in [-0.15, -0.1) is 0 Å². The smallest absolute Gasteiger partial charge is 0.272 e. The molecule has 0 aliphatic carbocycles. The number of carbonyl (C=O) groups excluding carboxylic acids is 1. The highest BCUT2D eigenvalue weighted by Gasteiger charge is 2.11. The predicted octanol–water partition coefficient (Wildman–Crippen LogP) is 3.70. The molecule has 2 aromatic carbocycles. The molecule has 2 N–H and O–H groups in total. The Balaban J connectivity index is 1.68. The van der Waals surface area contributed by atoms with Gasteiger partial charge in [0.2, 0.25) is 0 Å². The molecule has 0 saturated carbocycles. The molecule has 3 rings (SSSR count). The minimum atomic E-state index is -0.469. The Morgan fingerprint density at radius 3 is 2.46 bits per heavy atom. The first-order valence-electron chi connectivity index (χ1n) is 8.72. The summed E-state index contributed by atoms with van der Waals surface area (Å²) in [4.78, 5) is 22.5. The summed E-state index contributed by atoms with van der Waals surface area (Å²) >= 11 is 0. The van der Waals surface area contributed by atoms with E-state index in [1.165, 1.54) is 17.7 Å². The van der Waals surface area contributed by atoms with Gasteiger partial charge in [0.15, 0.2) is 0 Å². The molecule has 0 saturated heterocycles. The summed E-state index contributed by atoms with van der Waals surface area (Å²) in [7, 11) is 0.